The van der Waals surface area contributed by atoms with Crippen molar-refractivity contribution >= 4 is 28.5 Å². The molecule has 0 radical (unpaired) electrons. The minimum Gasteiger partial charge on any atom is -0.488 e. The van der Waals surface area contributed by atoms with Gasteiger partial charge in [-0.1, -0.05) is 42.5 Å². The van der Waals surface area contributed by atoms with Crippen molar-refractivity contribution < 1.29 is 14.3 Å². The van der Waals surface area contributed by atoms with Crippen LogP contribution in [-0.4, -0.2) is 19.3 Å². The number of hydrogen-bond acceptors (Lipinski definition) is 5. The number of esters is 1. The Labute approximate surface area is 168 Å². The standard InChI is InChI=1S/C23H21NO3S/c1-26-23(25)21-18-11-7-13-20(18)28-22(21)24-14-17-10-5-6-12-19(17)27-15-16-8-3-2-4-9-16/h2-6,8-10,12,14H,7,11,13,15H2,1H3. The molecule has 0 bridgehead atoms. The fraction of sp³-hybridized carbons (Fsp3) is 0.217. The highest BCUT2D eigenvalue weighted by atomic mass is 32.1. The van der Waals surface area contributed by atoms with Gasteiger partial charge in [0.2, 0.25) is 0 Å². The average Bonchev–Trinajstić information content (AvgIpc) is 3.32. The highest BCUT2D eigenvalue weighted by Gasteiger charge is 2.26. The van der Waals surface area contributed by atoms with Crippen molar-refractivity contribution in [2.24, 2.45) is 4.99 Å². The zero-order valence-electron chi connectivity index (χ0n) is 15.7. The summed E-state index contributed by atoms with van der Waals surface area (Å²) < 4.78 is 11.0. The molecule has 0 aliphatic heterocycles. The van der Waals surface area contributed by atoms with E-state index in [1.807, 2.05) is 54.6 Å². The largest absolute Gasteiger partial charge is 0.488 e. The van der Waals surface area contributed by atoms with E-state index in [1.165, 1.54) is 12.0 Å². The van der Waals surface area contributed by atoms with Gasteiger partial charge in [-0.15, -0.1) is 11.3 Å². The summed E-state index contributed by atoms with van der Waals surface area (Å²) in [6.07, 6.45) is 4.79. The molecule has 4 nitrogen and oxygen atoms in total. The third kappa shape index (κ3) is 3.85. The number of carbonyl (C=O) groups is 1. The molecule has 0 saturated heterocycles. The van der Waals surface area contributed by atoms with Crippen LogP contribution in [0.3, 0.4) is 0 Å². The van der Waals surface area contributed by atoms with E-state index in [9.17, 15) is 4.79 Å². The Balaban J connectivity index is 1.58. The molecule has 0 amide bonds. The third-order valence-corrected chi connectivity index (χ3v) is 5.97. The smallest absolute Gasteiger partial charge is 0.341 e. The topological polar surface area (TPSA) is 47.9 Å². The molecular weight excluding hydrogens is 370 g/mol. The lowest BCUT2D eigenvalue weighted by Crippen LogP contribution is -2.03. The molecule has 4 rings (SSSR count). The first-order valence-electron chi connectivity index (χ1n) is 9.29. The molecule has 0 atom stereocenters. The van der Waals surface area contributed by atoms with Gasteiger partial charge in [-0.05, 0) is 42.5 Å². The second kappa shape index (κ2) is 8.40. The molecule has 1 aliphatic rings. The maximum absolute atomic E-state index is 12.3. The summed E-state index contributed by atoms with van der Waals surface area (Å²) in [6.45, 7) is 0.492. The van der Waals surface area contributed by atoms with Crippen LogP contribution in [0.1, 0.15) is 38.3 Å². The van der Waals surface area contributed by atoms with E-state index in [2.05, 4.69) is 4.99 Å². The molecule has 0 spiro atoms. The molecule has 2 aromatic carbocycles. The number of thiophene rings is 1. The number of aliphatic imine (C=N–C) groups is 1. The summed E-state index contributed by atoms with van der Waals surface area (Å²) in [4.78, 5) is 18.2. The van der Waals surface area contributed by atoms with Gasteiger partial charge >= 0.3 is 5.97 Å². The molecule has 1 aromatic heterocycles. The number of benzene rings is 2. The van der Waals surface area contributed by atoms with Crippen LogP contribution in [0.4, 0.5) is 5.00 Å². The lowest BCUT2D eigenvalue weighted by atomic mass is 10.1. The second-order valence-corrected chi connectivity index (χ2v) is 7.68. The van der Waals surface area contributed by atoms with Gasteiger partial charge in [0.05, 0.1) is 12.7 Å². The van der Waals surface area contributed by atoms with Crippen LogP contribution in [0.2, 0.25) is 0 Å². The van der Waals surface area contributed by atoms with Crippen molar-refractivity contribution in [2.45, 2.75) is 25.9 Å². The Kier molecular flexibility index (Phi) is 5.53. The monoisotopic (exact) mass is 391 g/mol. The number of rotatable bonds is 6. The van der Waals surface area contributed by atoms with Gasteiger partial charge in [0, 0.05) is 16.7 Å². The fourth-order valence-electron chi connectivity index (χ4n) is 3.38. The summed E-state index contributed by atoms with van der Waals surface area (Å²) in [5, 5.41) is 0.717. The van der Waals surface area contributed by atoms with Gasteiger partial charge < -0.3 is 9.47 Å². The number of nitrogens with zero attached hydrogens (tertiary/aromatic N) is 1. The number of hydrogen-bond donors (Lipinski definition) is 0. The second-order valence-electron chi connectivity index (χ2n) is 6.60. The van der Waals surface area contributed by atoms with E-state index < -0.39 is 0 Å². The van der Waals surface area contributed by atoms with E-state index in [4.69, 9.17) is 9.47 Å². The molecular formula is C23H21NO3S. The number of methoxy groups -OCH3 is 1. The summed E-state index contributed by atoms with van der Waals surface area (Å²) in [7, 11) is 1.42. The first-order chi connectivity index (χ1) is 13.8. The summed E-state index contributed by atoms with van der Waals surface area (Å²) in [6, 6.07) is 17.8. The molecule has 0 fully saturated rings. The number of ether oxygens (including phenoxy) is 2. The molecule has 142 valence electrons. The first kappa shape index (κ1) is 18.4. The Bertz CT molecular complexity index is 1010. The highest BCUT2D eigenvalue weighted by Crippen LogP contribution is 2.41. The van der Waals surface area contributed by atoms with Crippen molar-refractivity contribution in [3.8, 4) is 5.75 Å². The van der Waals surface area contributed by atoms with Crippen LogP contribution in [-0.2, 0) is 24.2 Å². The Morgan fingerprint density at radius 2 is 1.89 bits per heavy atom. The van der Waals surface area contributed by atoms with Crippen LogP contribution >= 0.6 is 11.3 Å². The van der Waals surface area contributed by atoms with Gasteiger partial charge in [0.25, 0.3) is 0 Å². The van der Waals surface area contributed by atoms with Gasteiger partial charge in [0.1, 0.15) is 17.4 Å². The Hall–Kier alpha value is -2.92. The Morgan fingerprint density at radius 3 is 2.71 bits per heavy atom. The lowest BCUT2D eigenvalue weighted by molar-refractivity contribution is 0.0601. The van der Waals surface area contributed by atoms with Gasteiger partial charge in [-0.25, -0.2) is 9.79 Å². The van der Waals surface area contributed by atoms with Crippen LogP contribution in [0.25, 0.3) is 0 Å². The van der Waals surface area contributed by atoms with Crippen LogP contribution in [0.15, 0.2) is 59.6 Å². The normalized spacial score (nSPS) is 12.9. The van der Waals surface area contributed by atoms with Crippen LogP contribution < -0.4 is 4.74 Å². The fourth-order valence-corrected chi connectivity index (χ4v) is 4.60. The SMILES string of the molecule is COC(=O)c1c(N=Cc2ccccc2OCc2ccccc2)sc2c1CCC2. The van der Waals surface area contributed by atoms with E-state index in [1.54, 1.807) is 17.6 Å². The van der Waals surface area contributed by atoms with Crippen molar-refractivity contribution in [2.75, 3.05) is 7.11 Å². The zero-order valence-corrected chi connectivity index (χ0v) is 16.5. The minimum absolute atomic E-state index is 0.305. The zero-order chi connectivity index (χ0) is 19.3. The van der Waals surface area contributed by atoms with E-state index in [0.717, 1.165) is 46.7 Å². The molecule has 0 N–H and O–H groups in total. The van der Waals surface area contributed by atoms with E-state index >= 15 is 0 Å². The lowest BCUT2D eigenvalue weighted by Gasteiger charge is -2.09. The predicted octanol–water partition coefficient (Wildman–Crippen LogP) is 5.35. The third-order valence-electron chi connectivity index (χ3n) is 4.77. The summed E-state index contributed by atoms with van der Waals surface area (Å²) in [5.41, 5.74) is 3.72. The molecule has 28 heavy (non-hydrogen) atoms. The molecule has 3 aromatic rings. The van der Waals surface area contributed by atoms with Gasteiger partial charge in [-0.2, -0.15) is 0 Å². The molecule has 0 saturated carbocycles. The quantitative estimate of drug-likeness (QED) is 0.420. The van der Waals surface area contributed by atoms with Crippen molar-refractivity contribution in [3.63, 3.8) is 0 Å². The van der Waals surface area contributed by atoms with E-state index in [0.29, 0.717) is 12.2 Å². The molecule has 0 unspecified atom stereocenters. The first-order valence-corrected chi connectivity index (χ1v) is 10.1. The van der Waals surface area contributed by atoms with Crippen molar-refractivity contribution in [3.05, 3.63) is 81.7 Å². The predicted molar refractivity (Wildman–Crippen MR) is 112 cm³/mol. The van der Waals surface area contributed by atoms with E-state index in [-0.39, 0.29) is 5.97 Å². The summed E-state index contributed by atoms with van der Waals surface area (Å²) in [5.74, 6) is 0.457. The minimum atomic E-state index is -0.305. The number of fused-ring (bicyclic) bond motifs is 1. The van der Waals surface area contributed by atoms with Crippen molar-refractivity contribution in [1.82, 2.24) is 0 Å². The summed E-state index contributed by atoms with van der Waals surface area (Å²) >= 11 is 1.59. The number of carbonyl (C=O) groups excluding carboxylic acids is 1. The molecule has 1 aliphatic carbocycles. The number of aryl methyl sites for hydroxylation is 1. The van der Waals surface area contributed by atoms with Crippen LogP contribution in [0, 0.1) is 0 Å². The van der Waals surface area contributed by atoms with Gasteiger partial charge in [-0.3, -0.25) is 0 Å². The highest BCUT2D eigenvalue weighted by molar-refractivity contribution is 7.16. The van der Waals surface area contributed by atoms with Crippen LogP contribution in [0.5, 0.6) is 5.75 Å². The maximum Gasteiger partial charge on any atom is 0.341 e. The molecule has 5 heteroatoms. The number of para-hydroxylation sites is 1. The molecule has 1 heterocycles. The van der Waals surface area contributed by atoms with Gasteiger partial charge in [0.15, 0.2) is 0 Å². The van der Waals surface area contributed by atoms with Crippen molar-refractivity contribution in [1.29, 1.82) is 0 Å². The maximum atomic E-state index is 12.3. The average molecular weight is 391 g/mol. The Morgan fingerprint density at radius 1 is 1.11 bits per heavy atom.